The first-order valence-corrected chi connectivity index (χ1v) is 6.72. The summed E-state index contributed by atoms with van der Waals surface area (Å²) >= 11 is 1.47. The van der Waals surface area contributed by atoms with Gasteiger partial charge in [-0.25, -0.2) is 0 Å². The molecule has 0 bridgehead atoms. The minimum Gasteiger partial charge on any atom is -0.384 e. The van der Waals surface area contributed by atoms with Crippen LogP contribution in [0.5, 0.6) is 0 Å². The minimum absolute atomic E-state index is 0.201. The first kappa shape index (κ1) is 14.1. The van der Waals surface area contributed by atoms with Gasteiger partial charge in [0.2, 0.25) is 5.56 Å². The van der Waals surface area contributed by atoms with Gasteiger partial charge in [0.1, 0.15) is 12.3 Å². The van der Waals surface area contributed by atoms with Gasteiger partial charge in [-0.15, -0.1) is 11.3 Å². The summed E-state index contributed by atoms with van der Waals surface area (Å²) in [6, 6.07) is 6.24. The highest BCUT2D eigenvalue weighted by Crippen LogP contribution is 2.15. The zero-order chi connectivity index (χ0) is 14.4. The van der Waals surface area contributed by atoms with Crippen LogP contribution in [0, 0.1) is 11.8 Å². The first-order chi connectivity index (χ1) is 9.70. The summed E-state index contributed by atoms with van der Waals surface area (Å²) in [4.78, 5) is 26.4. The Morgan fingerprint density at radius 3 is 3.00 bits per heavy atom. The number of carbonyl (C=O) groups excluding carboxylic acids is 1. The van der Waals surface area contributed by atoms with Crippen molar-refractivity contribution in [2.75, 3.05) is 6.61 Å². The molecule has 0 saturated heterocycles. The summed E-state index contributed by atoms with van der Waals surface area (Å²) in [6.07, 6.45) is 0. The number of thiophene rings is 1. The zero-order valence-electron chi connectivity index (χ0n) is 10.5. The van der Waals surface area contributed by atoms with Gasteiger partial charge >= 0.3 is 0 Å². The van der Waals surface area contributed by atoms with Crippen LogP contribution in [-0.4, -0.2) is 22.6 Å². The van der Waals surface area contributed by atoms with Crippen LogP contribution >= 0.6 is 11.3 Å². The van der Waals surface area contributed by atoms with E-state index in [-0.39, 0.29) is 23.8 Å². The quantitative estimate of drug-likeness (QED) is 0.728. The Hall–Kier alpha value is -2.36. The Morgan fingerprint density at radius 1 is 1.40 bits per heavy atom. The Balaban J connectivity index is 2.04. The normalized spacial score (nSPS) is 9.65. The fraction of sp³-hybridized carbons (Fsp3) is 0.143. The van der Waals surface area contributed by atoms with E-state index in [1.165, 1.54) is 29.5 Å². The molecule has 2 heterocycles. The number of rotatable bonds is 3. The van der Waals surface area contributed by atoms with E-state index in [1.54, 1.807) is 0 Å². The molecule has 2 aromatic rings. The van der Waals surface area contributed by atoms with E-state index in [1.807, 2.05) is 11.4 Å². The summed E-state index contributed by atoms with van der Waals surface area (Å²) in [6.45, 7) is 0.121. The standard InChI is InChI=1S/C14H12N2O3S/c17-7-2-3-10-6-8-20-12(10)9-15-14(19)11-4-1-5-13(18)16-11/h1,4-6,8,17H,7,9H2,(H,15,19)(H,16,18). The molecule has 0 radical (unpaired) electrons. The second-order valence-electron chi connectivity index (χ2n) is 3.83. The molecule has 0 fully saturated rings. The van der Waals surface area contributed by atoms with E-state index in [2.05, 4.69) is 22.1 Å². The fourth-order valence-corrected chi connectivity index (χ4v) is 2.33. The molecule has 0 saturated carbocycles. The first-order valence-electron chi connectivity index (χ1n) is 5.84. The van der Waals surface area contributed by atoms with Crippen molar-refractivity contribution >= 4 is 17.2 Å². The largest absolute Gasteiger partial charge is 0.384 e. The van der Waals surface area contributed by atoms with Crippen LogP contribution in [0.3, 0.4) is 0 Å². The van der Waals surface area contributed by atoms with Gasteiger partial charge in [0.05, 0.1) is 6.54 Å². The number of hydrogen-bond acceptors (Lipinski definition) is 4. The predicted octanol–water partition coefficient (Wildman–Crippen LogP) is 0.710. The van der Waals surface area contributed by atoms with E-state index < -0.39 is 0 Å². The van der Waals surface area contributed by atoms with Gasteiger partial charge in [-0.3, -0.25) is 9.59 Å². The predicted molar refractivity (Wildman–Crippen MR) is 76.5 cm³/mol. The maximum atomic E-state index is 11.9. The lowest BCUT2D eigenvalue weighted by atomic mass is 10.2. The summed E-state index contributed by atoms with van der Waals surface area (Å²) < 4.78 is 0. The summed E-state index contributed by atoms with van der Waals surface area (Å²) in [7, 11) is 0. The number of aliphatic hydroxyl groups is 1. The van der Waals surface area contributed by atoms with Crippen LogP contribution in [0.25, 0.3) is 0 Å². The van der Waals surface area contributed by atoms with E-state index in [0.29, 0.717) is 6.54 Å². The molecule has 6 heteroatoms. The monoisotopic (exact) mass is 288 g/mol. The SMILES string of the molecule is O=C(NCc1sccc1C#CCO)c1cccc(=O)[nH]1. The molecule has 102 valence electrons. The van der Waals surface area contributed by atoms with Gasteiger partial charge in [0.15, 0.2) is 0 Å². The van der Waals surface area contributed by atoms with Crippen LogP contribution < -0.4 is 10.9 Å². The zero-order valence-corrected chi connectivity index (χ0v) is 11.3. The average Bonchev–Trinajstić information content (AvgIpc) is 2.90. The van der Waals surface area contributed by atoms with Crippen LogP contribution in [0.1, 0.15) is 20.9 Å². The number of aliphatic hydroxyl groups excluding tert-OH is 1. The molecule has 20 heavy (non-hydrogen) atoms. The van der Waals surface area contributed by atoms with Crippen LogP contribution in [0.2, 0.25) is 0 Å². The third kappa shape index (κ3) is 3.57. The van der Waals surface area contributed by atoms with Crippen molar-refractivity contribution in [1.29, 1.82) is 0 Å². The second-order valence-corrected chi connectivity index (χ2v) is 4.83. The third-order valence-corrected chi connectivity index (χ3v) is 3.39. The Kier molecular flexibility index (Phi) is 4.71. The molecule has 5 nitrogen and oxygen atoms in total. The number of hydrogen-bond donors (Lipinski definition) is 3. The fourth-order valence-electron chi connectivity index (χ4n) is 1.56. The van der Waals surface area contributed by atoms with Crippen molar-refractivity contribution in [3.05, 3.63) is 56.1 Å². The summed E-state index contributed by atoms with van der Waals surface area (Å²) in [5, 5.41) is 13.3. The minimum atomic E-state index is -0.350. The lowest BCUT2D eigenvalue weighted by Crippen LogP contribution is -2.25. The van der Waals surface area contributed by atoms with Crippen molar-refractivity contribution in [2.24, 2.45) is 0 Å². The number of aromatic nitrogens is 1. The Bertz CT molecular complexity index is 722. The number of aromatic amines is 1. The molecular weight excluding hydrogens is 276 g/mol. The molecule has 2 aromatic heterocycles. The van der Waals surface area contributed by atoms with Gasteiger partial charge < -0.3 is 15.4 Å². The number of pyridine rings is 1. The van der Waals surface area contributed by atoms with Gasteiger partial charge in [-0.05, 0) is 17.5 Å². The van der Waals surface area contributed by atoms with Crippen molar-refractivity contribution in [3.8, 4) is 11.8 Å². The highest BCUT2D eigenvalue weighted by Gasteiger charge is 2.08. The van der Waals surface area contributed by atoms with Crippen molar-refractivity contribution in [1.82, 2.24) is 10.3 Å². The highest BCUT2D eigenvalue weighted by molar-refractivity contribution is 7.10. The molecule has 0 spiro atoms. The molecule has 0 aromatic carbocycles. The van der Waals surface area contributed by atoms with E-state index in [9.17, 15) is 9.59 Å². The topological polar surface area (TPSA) is 82.2 Å². The molecule has 0 unspecified atom stereocenters. The molecule has 3 N–H and O–H groups in total. The Morgan fingerprint density at radius 2 is 2.25 bits per heavy atom. The molecule has 0 aliphatic rings. The molecule has 0 atom stereocenters. The second kappa shape index (κ2) is 6.70. The molecule has 2 rings (SSSR count). The van der Waals surface area contributed by atoms with Gasteiger partial charge in [0, 0.05) is 16.5 Å². The van der Waals surface area contributed by atoms with Crippen LogP contribution in [0.4, 0.5) is 0 Å². The van der Waals surface area contributed by atoms with Gasteiger partial charge in [-0.2, -0.15) is 0 Å². The van der Waals surface area contributed by atoms with Crippen molar-refractivity contribution in [2.45, 2.75) is 6.54 Å². The number of amides is 1. The lowest BCUT2D eigenvalue weighted by Gasteiger charge is -2.04. The number of nitrogens with one attached hydrogen (secondary N) is 2. The number of carbonyl (C=O) groups is 1. The highest BCUT2D eigenvalue weighted by atomic mass is 32.1. The summed E-state index contributed by atoms with van der Waals surface area (Å²) in [5.74, 6) is 5.04. The maximum absolute atomic E-state index is 11.9. The molecule has 0 aliphatic heterocycles. The van der Waals surface area contributed by atoms with Crippen LogP contribution in [0.15, 0.2) is 34.4 Å². The van der Waals surface area contributed by atoms with Crippen LogP contribution in [-0.2, 0) is 6.54 Å². The Labute approximate surface area is 119 Å². The van der Waals surface area contributed by atoms with Gasteiger partial charge in [0.25, 0.3) is 5.91 Å². The van der Waals surface area contributed by atoms with Crippen molar-refractivity contribution in [3.63, 3.8) is 0 Å². The third-order valence-electron chi connectivity index (χ3n) is 2.47. The van der Waals surface area contributed by atoms with E-state index in [4.69, 9.17) is 5.11 Å². The van der Waals surface area contributed by atoms with Crippen molar-refractivity contribution < 1.29 is 9.90 Å². The summed E-state index contributed by atoms with van der Waals surface area (Å²) in [5.41, 5.74) is 0.686. The number of H-pyrrole nitrogens is 1. The average molecular weight is 288 g/mol. The van der Waals surface area contributed by atoms with E-state index in [0.717, 1.165) is 10.4 Å². The van der Waals surface area contributed by atoms with Gasteiger partial charge in [-0.1, -0.05) is 17.9 Å². The molecular formula is C14H12N2O3S. The maximum Gasteiger partial charge on any atom is 0.268 e. The smallest absolute Gasteiger partial charge is 0.268 e. The molecule has 0 aliphatic carbocycles. The van der Waals surface area contributed by atoms with E-state index >= 15 is 0 Å². The molecule has 1 amide bonds. The lowest BCUT2D eigenvalue weighted by molar-refractivity contribution is 0.0946.